The second-order valence-electron chi connectivity index (χ2n) is 4.38. The Hall–Kier alpha value is -1.54. The van der Waals surface area contributed by atoms with Gasteiger partial charge in [-0.25, -0.2) is 0 Å². The standard InChI is InChI=1S/C16H20O2/c1-14(18-16-10-6-3-7-11-16)17-13-12-15-8-4-2-5-9-15/h3-4,6-11,14H,2,5,12-13H2,1H3. The molecule has 1 aromatic rings. The maximum absolute atomic E-state index is 5.65. The first kappa shape index (κ1) is 12.9. The van der Waals surface area contributed by atoms with E-state index in [1.165, 1.54) is 5.57 Å². The van der Waals surface area contributed by atoms with Gasteiger partial charge in [-0.05, 0) is 38.3 Å². The van der Waals surface area contributed by atoms with Crippen molar-refractivity contribution in [2.75, 3.05) is 6.61 Å². The van der Waals surface area contributed by atoms with Gasteiger partial charge in [0.15, 0.2) is 6.29 Å². The largest absolute Gasteiger partial charge is 0.465 e. The molecule has 0 fully saturated rings. The summed E-state index contributed by atoms with van der Waals surface area (Å²) < 4.78 is 11.3. The minimum Gasteiger partial charge on any atom is -0.465 e. The Balaban J connectivity index is 1.67. The molecular formula is C16H20O2. The second-order valence-corrected chi connectivity index (χ2v) is 4.38. The van der Waals surface area contributed by atoms with Crippen LogP contribution in [-0.2, 0) is 4.74 Å². The van der Waals surface area contributed by atoms with Crippen molar-refractivity contribution in [3.63, 3.8) is 0 Å². The molecule has 1 aliphatic carbocycles. The normalized spacial score (nSPS) is 16.2. The fourth-order valence-corrected chi connectivity index (χ4v) is 1.92. The maximum atomic E-state index is 5.65. The summed E-state index contributed by atoms with van der Waals surface area (Å²) in [6, 6.07) is 9.76. The molecule has 0 amide bonds. The minimum absolute atomic E-state index is 0.208. The van der Waals surface area contributed by atoms with Gasteiger partial charge in [0.25, 0.3) is 0 Å². The highest BCUT2D eigenvalue weighted by atomic mass is 16.7. The summed E-state index contributed by atoms with van der Waals surface area (Å²) in [7, 11) is 0. The molecule has 0 aromatic heterocycles. The zero-order valence-electron chi connectivity index (χ0n) is 10.8. The van der Waals surface area contributed by atoms with Gasteiger partial charge in [-0.1, -0.05) is 42.0 Å². The molecule has 1 unspecified atom stereocenters. The molecule has 0 saturated carbocycles. The third kappa shape index (κ3) is 4.38. The van der Waals surface area contributed by atoms with Crippen LogP contribution in [0.1, 0.15) is 26.2 Å². The van der Waals surface area contributed by atoms with E-state index in [9.17, 15) is 0 Å². The van der Waals surface area contributed by atoms with Crippen LogP contribution in [0.3, 0.4) is 0 Å². The molecule has 18 heavy (non-hydrogen) atoms. The Bertz CT molecular complexity index is 406. The summed E-state index contributed by atoms with van der Waals surface area (Å²) in [6.45, 7) is 2.63. The average Bonchev–Trinajstić information content (AvgIpc) is 2.41. The van der Waals surface area contributed by atoms with Crippen LogP contribution in [-0.4, -0.2) is 12.9 Å². The van der Waals surface area contributed by atoms with Gasteiger partial charge in [-0.3, -0.25) is 0 Å². The van der Waals surface area contributed by atoms with Crippen molar-refractivity contribution in [3.8, 4) is 5.75 Å². The lowest BCUT2D eigenvalue weighted by Gasteiger charge is -2.16. The molecule has 1 aromatic carbocycles. The first-order valence-corrected chi connectivity index (χ1v) is 6.53. The Morgan fingerprint density at radius 2 is 2.00 bits per heavy atom. The van der Waals surface area contributed by atoms with E-state index in [0.717, 1.165) is 25.0 Å². The van der Waals surface area contributed by atoms with E-state index in [2.05, 4.69) is 18.2 Å². The van der Waals surface area contributed by atoms with Gasteiger partial charge in [0.05, 0.1) is 6.61 Å². The zero-order chi connectivity index (χ0) is 12.6. The summed E-state index contributed by atoms with van der Waals surface area (Å²) in [5.74, 6) is 0.849. The van der Waals surface area contributed by atoms with Crippen LogP contribution in [0.25, 0.3) is 0 Å². The smallest absolute Gasteiger partial charge is 0.196 e. The quantitative estimate of drug-likeness (QED) is 0.701. The molecule has 0 bridgehead atoms. The molecule has 0 N–H and O–H groups in total. The summed E-state index contributed by atoms with van der Waals surface area (Å²) in [6.07, 6.45) is 9.76. The Labute approximate surface area is 109 Å². The molecular weight excluding hydrogens is 224 g/mol. The fourth-order valence-electron chi connectivity index (χ4n) is 1.92. The minimum atomic E-state index is -0.208. The summed E-state index contributed by atoms with van der Waals surface area (Å²) in [5, 5.41) is 0. The van der Waals surface area contributed by atoms with Gasteiger partial charge in [-0.2, -0.15) is 0 Å². The molecule has 2 heteroatoms. The van der Waals surface area contributed by atoms with Gasteiger partial charge >= 0.3 is 0 Å². The lowest BCUT2D eigenvalue weighted by atomic mass is 10.1. The maximum Gasteiger partial charge on any atom is 0.196 e. The number of ether oxygens (including phenoxy) is 2. The molecule has 2 nitrogen and oxygen atoms in total. The number of para-hydroxylation sites is 1. The second kappa shape index (κ2) is 7.02. The first-order chi connectivity index (χ1) is 8.84. The molecule has 0 heterocycles. The molecule has 0 spiro atoms. The van der Waals surface area contributed by atoms with Gasteiger partial charge in [0, 0.05) is 0 Å². The predicted octanol–water partition coefficient (Wildman–Crippen LogP) is 4.09. The summed E-state index contributed by atoms with van der Waals surface area (Å²) in [4.78, 5) is 0. The van der Waals surface area contributed by atoms with Crippen molar-refractivity contribution < 1.29 is 9.47 Å². The molecule has 2 rings (SSSR count). The third-order valence-electron chi connectivity index (χ3n) is 2.86. The Morgan fingerprint density at radius 3 is 2.72 bits per heavy atom. The van der Waals surface area contributed by atoms with Crippen molar-refractivity contribution in [2.24, 2.45) is 0 Å². The van der Waals surface area contributed by atoms with Crippen LogP contribution in [0.2, 0.25) is 0 Å². The van der Waals surface area contributed by atoms with Gasteiger partial charge in [0.2, 0.25) is 0 Å². The summed E-state index contributed by atoms with van der Waals surface area (Å²) >= 11 is 0. The van der Waals surface area contributed by atoms with E-state index in [1.807, 2.05) is 37.3 Å². The number of benzene rings is 1. The number of rotatable bonds is 6. The molecule has 1 atom stereocenters. The monoisotopic (exact) mass is 244 g/mol. The SMILES string of the molecule is CC(OCCC1=CCCC=C1)Oc1ccccc1. The van der Waals surface area contributed by atoms with Gasteiger partial charge < -0.3 is 9.47 Å². The van der Waals surface area contributed by atoms with Crippen LogP contribution >= 0.6 is 0 Å². The lowest BCUT2D eigenvalue weighted by Crippen LogP contribution is -2.17. The van der Waals surface area contributed by atoms with E-state index in [1.54, 1.807) is 0 Å². The van der Waals surface area contributed by atoms with E-state index in [4.69, 9.17) is 9.47 Å². The molecule has 1 aliphatic rings. The highest BCUT2D eigenvalue weighted by Crippen LogP contribution is 2.14. The van der Waals surface area contributed by atoms with E-state index in [-0.39, 0.29) is 6.29 Å². The van der Waals surface area contributed by atoms with Gasteiger partial charge in [0.1, 0.15) is 5.75 Å². The molecule has 0 radical (unpaired) electrons. The third-order valence-corrected chi connectivity index (χ3v) is 2.86. The van der Waals surface area contributed by atoms with Gasteiger partial charge in [-0.15, -0.1) is 0 Å². The Kier molecular flexibility index (Phi) is 5.03. The number of hydrogen-bond acceptors (Lipinski definition) is 2. The van der Waals surface area contributed by atoms with Crippen LogP contribution in [0.4, 0.5) is 0 Å². The topological polar surface area (TPSA) is 18.5 Å². The van der Waals surface area contributed by atoms with Crippen molar-refractivity contribution >= 4 is 0 Å². The van der Waals surface area contributed by atoms with Crippen LogP contribution in [0.5, 0.6) is 5.75 Å². The van der Waals surface area contributed by atoms with Crippen molar-refractivity contribution in [1.29, 1.82) is 0 Å². The van der Waals surface area contributed by atoms with E-state index >= 15 is 0 Å². The van der Waals surface area contributed by atoms with Crippen molar-refractivity contribution in [3.05, 3.63) is 54.1 Å². The molecule has 0 saturated heterocycles. The van der Waals surface area contributed by atoms with Crippen LogP contribution in [0, 0.1) is 0 Å². The number of allylic oxidation sites excluding steroid dienone is 3. The fraction of sp³-hybridized carbons (Fsp3) is 0.375. The van der Waals surface area contributed by atoms with E-state index < -0.39 is 0 Å². The molecule has 0 aliphatic heterocycles. The van der Waals surface area contributed by atoms with Crippen molar-refractivity contribution in [2.45, 2.75) is 32.5 Å². The molecule has 96 valence electrons. The number of hydrogen-bond donors (Lipinski definition) is 0. The zero-order valence-corrected chi connectivity index (χ0v) is 10.8. The lowest BCUT2D eigenvalue weighted by molar-refractivity contribution is -0.0652. The van der Waals surface area contributed by atoms with Crippen LogP contribution in [0.15, 0.2) is 54.1 Å². The first-order valence-electron chi connectivity index (χ1n) is 6.53. The Morgan fingerprint density at radius 1 is 1.17 bits per heavy atom. The predicted molar refractivity (Wildman–Crippen MR) is 73.6 cm³/mol. The highest BCUT2D eigenvalue weighted by molar-refractivity contribution is 5.22. The summed E-state index contributed by atoms with van der Waals surface area (Å²) in [5.41, 5.74) is 1.37. The average molecular weight is 244 g/mol. The highest BCUT2D eigenvalue weighted by Gasteiger charge is 2.04. The van der Waals surface area contributed by atoms with E-state index in [0.29, 0.717) is 6.61 Å². The van der Waals surface area contributed by atoms with Crippen LogP contribution < -0.4 is 4.74 Å². The van der Waals surface area contributed by atoms with Crippen molar-refractivity contribution in [1.82, 2.24) is 0 Å².